The van der Waals surface area contributed by atoms with Crippen LogP contribution in [0.15, 0.2) is 24.3 Å². The highest BCUT2D eigenvalue weighted by atomic mass is 16.3. The smallest absolute Gasteiger partial charge is 0.314 e. The summed E-state index contributed by atoms with van der Waals surface area (Å²) in [5, 5.41) is 17.0. The predicted octanol–water partition coefficient (Wildman–Crippen LogP) is 0.443. The lowest BCUT2D eigenvalue weighted by molar-refractivity contribution is -0.118. The quantitative estimate of drug-likeness (QED) is 0.351. The first kappa shape index (κ1) is 23.7. The molecule has 26 heavy (non-hydrogen) atoms. The van der Waals surface area contributed by atoms with Gasteiger partial charge in [-0.2, -0.15) is 0 Å². The molecule has 0 saturated carbocycles. The van der Waals surface area contributed by atoms with Crippen molar-refractivity contribution >= 4 is 11.9 Å². The minimum Gasteiger partial charge on any atom is -0.508 e. The molecule has 0 heterocycles. The van der Waals surface area contributed by atoms with Crippen molar-refractivity contribution in [1.29, 1.82) is 0 Å². The Morgan fingerprint density at radius 3 is 2.23 bits per heavy atom. The highest BCUT2D eigenvalue weighted by Crippen LogP contribution is 2.10. The highest BCUT2D eigenvalue weighted by Gasteiger charge is 2.06. The molecule has 1 aromatic carbocycles. The van der Waals surface area contributed by atoms with E-state index in [1.54, 1.807) is 24.3 Å². The van der Waals surface area contributed by atoms with Gasteiger partial charge < -0.3 is 32.5 Å². The topological polar surface area (TPSA) is 142 Å². The Bertz CT molecular complexity index is 506. The van der Waals surface area contributed by atoms with Crippen molar-refractivity contribution in [1.82, 2.24) is 16.0 Å². The Hall–Kier alpha value is -2.32. The molecule has 3 amide bonds. The van der Waals surface area contributed by atoms with Gasteiger partial charge in [0.15, 0.2) is 0 Å². The van der Waals surface area contributed by atoms with Crippen molar-refractivity contribution in [3.05, 3.63) is 29.8 Å². The van der Waals surface area contributed by atoms with E-state index in [-0.39, 0.29) is 23.7 Å². The standard InChI is InChI=1S/C14H22N4O3.C4H11N/c1-10(19)16-6-7-17-14(21)18-9-12(15)8-11-2-4-13(20)5-3-11;1-2-3-4-5/h2-5,12,20H,6-9,15H2,1H3,(H,16,19)(H2,17,18,21);2-5H2,1H3. The normalized spacial score (nSPS) is 10.9. The summed E-state index contributed by atoms with van der Waals surface area (Å²) in [4.78, 5) is 22.1. The van der Waals surface area contributed by atoms with E-state index in [2.05, 4.69) is 22.9 Å². The lowest BCUT2D eigenvalue weighted by atomic mass is 10.1. The van der Waals surface area contributed by atoms with Crippen molar-refractivity contribution < 1.29 is 14.7 Å². The van der Waals surface area contributed by atoms with E-state index < -0.39 is 0 Å². The third-order valence-corrected chi connectivity index (χ3v) is 3.30. The number of carbonyl (C=O) groups is 2. The van der Waals surface area contributed by atoms with Gasteiger partial charge in [-0.25, -0.2) is 4.79 Å². The minimum atomic E-state index is -0.318. The van der Waals surface area contributed by atoms with Gasteiger partial charge in [0.25, 0.3) is 0 Å². The minimum absolute atomic E-state index is 0.131. The number of nitrogens with one attached hydrogen (secondary N) is 3. The molecule has 0 radical (unpaired) electrons. The fraction of sp³-hybridized carbons (Fsp3) is 0.556. The first-order chi connectivity index (χ1) is 12.4. The van der Waals surface area contributed by atoms with Crippen LogP contribution >= 0.6 is 0 Å². The second kappa shape index (κ2) is 15.0. The van der Waals surface area contributed by atoms with Gasteiger partial charge in [-0.15, -0.1) is 0 Å². The zero-order valence-electron chi connectivity index (χ0n) is 15.8. The number of rotatable bonds is 9. The summed E-state index contributed by atoms with van der Waals surface area (Å²) in [6, 6.07) is 6.26. The summed E-state index contributed by atoms with van der Waals surface area (Å²) in [6.07, 6.45) is 2.99. The van der Waals surface area contributed by atoms with Crippen LogP contribution in [0.4, 0.5) is 4.79 Å². The van der Waals surface area contributed by atoms with E-state index in [9.17, 15) is 14.7 Å². The van der Waals surface area contributed by atoms with Crippen molar-refractivity contribution in [2.75, 3.05) is 26.2 Å². The summed E-state index contributed by atoms with van der Waals surface area (Å²) in [5.41, 5.74) is 12.1. The van der Waals surface area contributed by atoms with Gasteiger partial charge >= 0.3 is 6.03 Å². The molecule has 1 atom stereocenters. The molecule has 0 aliphatic rings. The molecular formula is C18H33N5O3. The number of benzene rings is 1. The first-order valence-electron chi connectivity index (χ1n) is 8.88. The molecule has 1 unspecified atom stereocenters. The van der Waals surface area contributed by atoms with Crippen LogP contribution in [0.1, 0.15) is 32.3 Å². The Kier molecular flexibility index (Phi) is 13.6. The Labute approximate surface area is 155 Å². The van der Waals surface area contributed by atoms with E-state index in [0.29, 0.717) is 26.1 Å². The number of urea groups is 1. The maximum absolute atomic E-state index is 11.5. The van der Waals surface area contributed by atoms with Crippen molar-refractivity contribution in [2.45, 2.75) is 39.2 Å². The van der Waals surface area contributed by atoms with Gasteiger partial charge in [0, 0.05) is 32.6 Å². The molecule has 8 N–H and O–H groups in total. The molecule has 0 spiro atoms. The molecule has 0 aliphatic carbocycles. The zero-order chi connectivity index (χ0) is 19.8. The zero-order valence-corrected chi connectivity index (χ0v) is 15.8. The third kappa shape index (κ3) is 14.1. The van der Waals surface area contributed by atoms with Gasteiger partial charge in [-0.05, 0) is 37.1 Å². The Morgan fingerprint density at radius 1 is 1.12 bits per heavy atom. The summed E-state index contributed by atoms with van der Waals surface area (Å²) >= 11 is 0. The van der Waals surface area contributed by atoms with Crippen molar-refractivity contribution in [3.8, 4) is 5.75 Å². The number of hydrogen-bond acceptors (Lipinski definition) is 5. The number of phenolic OH excluding ortho intramolecular Hbond substituents is 1. The molecule has 0 aromatic heterocycles. The van der Waals surface area contributed by atoms with Gasteiger partial charge in [-0.1, -0.05) is 25.5 Å². The Balaban J connectivity index is 0.00000110. The van der Waals surface area contributed by atoms with Crippen LogP contribution in [-0.2, 0) is 11.2 Å². The third-order valence-electron chi connectivity index (χ3n) is 3.30. The van der Waals surface area contributed by atoms with Crippen LogP contribution in [0.5, 0.6) is 5.75 Å². The molecule has 0 bridgehead atoms. The van der Waals surface area contributed by atoms with Crippen molar-refractivity contribution in [2.24, 2.45) is 11.5 Å². The van der Waals surface area contributed by atoms with Crippen LogP contribution in [0.3, 0.4) is 0 Å². The predicted molar refractivity (Wildman–Crippen MR) is 104 cm³/mol. The average molecular weight is 367 g/mol. The average Bonchev–Trinajstić information content (AvgIpc) is 2.60. The SMILES string of the molecule is CC(=O)NCCNC(=O)NCC(N)Cc1ccc(O)cc1.CCCCN. The number of hydrogen-bond donors (Lipinski definition) is 6. The van der Waals surface area contributed by atoms with Crippen LogP contribution in [0.2, 0.25) is 0 Å². The van der Waals surface area contributed by atoms with Crippen molar-refractivity contribution in [3.63, 3.8) is 0 Å². The molecule has 8 nitrogen and oxygen atoms in total. The molecule has 0 saturated heterocycles. The molecule has 1 rings (SSSR count). The van der Waals surface area contributed by atoms with E-state index in [1.807, 2.05) is 0 Å². The van der Waals surface area contributed by atoms with E-state index in [1.165, 1.54) is 19.8 Å². The fourth-order valence-electron chi connectivity index (χ4n) is 1.91. The molecule has 0 aliphatic heterocycles. The van der Waals surface area contributed by atoms with Gasteiger partial charge in [-0.3, -0.25) is 4.79 Å². The highest BCUT2D eigenvalue weighted by molar-refractivity contribution is 5.74. The molecule has 0 fully saturated rings. The number of unbranched alkanes of at least 4 members (excludes halogenated alkanes) is 1. The largest absolute Gasteiger partial charge is 0.508 e. The van der Waals surface area contributed by atoms with Gasteiger partial charge in [0.2, 0.25) is 5.91 Å². The number of aromatic hydroxyl groups is 1. The summed E-state index contributed by atoms with van der Waals surface area (Å²) in [6.45, 7) is 5.49. The number of nitrogens with two attached hydrogens (primary N) is 2. The molecule has 148 valence electrons. The fourth-order valence-corrected chi connectivity index (χ4v) is 1.91. The number of amides is 3. The van der Waals surface area contributed by atoms with E-state index in [0.717, 1.165) is 12.1 Å². The number of carbonyl (C=O) groups excluding carboxylic acids is 2. The lowest BCUT2D eigenvalue weighted by Crippen LogP contribution is -2.45. The maximum atomic E-state index is 11.5. The van der Waals surface area contributed by atoms with Crippen LogP contribution < -0.4 is 27.4 Å². The molecule has 8 heteroatoms. The monoisotopic (exact) mass is 367 g/mol. The van der Waals surface area contributed by atoms with Crippen LogP contribution in [0, 0.1) is 0 Å². The summed E-state index contributed by atoms with van der Waals surface area (Å²) in [5.74, 6) is 0.0807. The lowest BCUT2D eigenvalue weighted by Gasteiger charge is -2.13. The first-order valence-corrected chi connectivity index (χ1v) is 8.88. The summed E-state index contributed by atoms with van der Waals surface area (Å²) in [7, 11) is 0. The van der Waals surface area contributed by atoms with Gasteiger partial charge in [0.05, 0.1) is 0 Å². The van der Waals surface area contributed by atoms with E-state index >= 15 is 0 Å². The summed E-state index contributed by atoms with van der Waals surface area (Å²) < 4.78 is 0. The molecule has 1 aromatic rings. The van der Waals surface area contributed by atoms with Crippen LogP contribution in [-0.4, -0.2) is 49.3 Å². The Morgan fingerprint density at radius 2 is 1.73 bits per heavy atom. The van der Waals surface area contributed by atoms with Crippen LogP contribution in [0.25, 0.3) is 0 Å². The second-order valence-electron chi connectivity index (χ2n) is 5.89. The van der Waals surface area contributed by atoms with Gasteiger partial charge in [0.1, 0.15) is 5.75 Å². The molecular weight excluding hydrogens is 334 g/mol. The van der Waals surface area contributed by atoms with E-state index in [4.69, 9.17) is 11.5 Å². The maximum Gasteiger partial charge on any atom is 0.314 e. The number of phenols is 1. The second-order valence-corrected chi connectivity index (χ2v) is 5.89.